The SMILES string of the molecule is NS(=O)(=O)CC1CCCN(C(=O)c2ccncc2C(F)(F)F)C1. The lowest BCUT2D eigenvalue weighted by Crippen LogP contribution is -2.43. The van der Waals surface area contributed by atoms with Gasteiger partial charge in [-0.2, -0.15) is 13.2 Å². The number of nitrogens with zero attached hydrogens (tertiary/aromatic N) is 2. The van der Waals surface area contributed by atoms with E-state index in [1.807, 2.05) is 0 Å². The van der Waals surface area contributed by atoms with Gasteiger partial charge in [-0.3, -0.25) is 9.78 Å². The highest BCUT2D eigenvalue weighted by molar-refractivity contribution is 7.89. The molecule has 0 saturated carbocycles. The number of pyridine rings is 1. The fraction of sp³-hybridized carbons (Fsp3) is 0.538. The Bertz CT molecular complexity index is 691. The predicted molar refractivity (Wildman–Crippen MR) is 75.8 cm³/mol. The van der Waals surface area contributed by atoms with E-state index in [0.717, 1.165) is 12.3 Å². The average molecular weight is 351 g/mol. The van der Waals surface area contributed by atoms with Gasteiger partial charge in [0.1, 0.15) is 0 Å². The van der Waals surface area contributed by atoms with Gasteiger partial charge in [0.2, 0.25) is 10.0 Å². The molecule has 1 saturated heterocycles. The number of nitrogens with two attached hydrogens (primary N) is 1. The molecule has 0 radical (unpaired) electrons. The van der Waals surface area contributed by atoms with Crippen LogP contribution in [-0.2, 0) is 16.2 Å². The maximum atomic E-state index is 13.0. The molecule has 1 aliphatic rings. The number of amides is 1. The Hall–Kier alpha value is -1.68. The molecule has 1 aromatic heterocycles. The quantitative estimate of drug-likeness (QED) is 0.887. The Morgan fingerprint density at radius 3 is 2.74 bits per heavy atom. The number of hydrogen-bond acceptors (Lipinski definition) is 4. The van der Waals surface area contributed by atoms with E-state index in [1.54, 1.807) is 0 Å². The van der Waals surface area contributed by atoms with Gasteiger partial charge in [0.25, 0.3) is 5.91 Å². The molecule has 128 valence electrons. The molecule has 2 rings (SSSR count). The molecule has 1 unspecified atom stereocenters. The van der Waals surface area contributed by atoms with Crippen LogP contribution in [0.1, 0.15) is 28.8 Å². The molecule has 23 heavy (non-hydrogen) atoms. The van der Waals surface area contributed by atoms with Crippen molar-refractivity contribution >= 4 is 15.9 Å². The number of rotatable bonds is 3. The summed E-state index contributed by atoms with van der Waals surface area (Å²) in [6.45, 7) is 0.342. The summed E-state index contributed by atoms with van der Waals surface area (Å²) in [5.74, 6) is -1.45. The van der Waals surface area contributed by atoms with E-state index in [9.17, 15) is 26.4 Å². The van der Waals surface area contributed by atoms with Gasteiger partial charge < -0.3 is 4.90 Å². The molecule has 2 N–H and O–H groups in total. The van der Waals surface area contributed by atoms with Crippen LogP contribution >= 0.6 is 0 Å². The van der Waals surface area contributed by atoms with Gasteiger partial charge in [-0.15, -0.1) is 0 Å². The zero-order valence-electron chi connectivity index (χ0n) is 12.1. The summed E-state index contributed by atoms with van der Waals surface area (Å²) in [7, 11) is -3.70. The third-order valence-electron chi connectivity index (χ3n) is 3.63. The first kappa shape index (κ1) is 17.7. The van der Waals surface area contributed by atoms with E-state index in [0.29, 0.717) is 19.0 Å². The lowest BCUT2D eigenvalue weighted by Gasteiger charge is -2.32. The van der Waals surface area contributed by atoms with Crippen molar-refractivity contribution in [3.05, 3.63) is 29.6 Å². The third kappa shape index (κ3) is 4.64. The molecule has 0 aliphatic carbocycles. The second-order valence-electron chi connectivity index (χ2n) is 5.51. The lowest BCUT2D eigenvalue weighted by molar-refractivity contribution is -0.138. The van der Waals surface area contributed by atoms with E-state index in [2.05, 4.69) is 4.98 Å². The Kier molecular flexibility index (Phi) is 4.95. The number of hydrogen-bond donors (Lipinski definition) is 1. The molecule has 1 amide bonds. The van der Waals surface area contributed by atoms with Crippen LogP contribution < -0.4 is 5.14 Å². The average Bonchev–Trinajstić information content (AvgIpc) is 2.44. The van der Waals surface area contributed by atoms with Crippen molar-refractivity contribution in [1.29, 1.82) is 0 Å². The first-order valence-electron chi connectivity index (χ1n) is 6.89. The summed E-state index contributed by atoms with van der Waals surface area (Å²) in [4.78, 5) is 17.1. The van der Waals surface area contributed by atoms with Gasteiger partial charge in [0, 0.05) is 25.5 Å². The number of carbonyl (C=O) groups excluding carboxylic acids is 1. The van der Waals surface area contributed by atoms with Crippen LogP contribution in [0.15, 0.2) is 18.5 Å². The maximum Gasteiger partial charge on any atom is 0.418 e. The lowest BCUT2D eigenvalue weighted by atomic mass is 9.98. The zero-order chi connectivity index (χ0) is 17.3. The molecule has 6 nitrogen and oxygen atoms in total. The third-order valence-corrected chi connectivity index (χ3v) is 4.57. The van der Waals surface area contributed by atoms with Gasteiger partial charge in [0.05, 0.1) is 16.9 Å². The Labute approximate surface area is 131 Å². The van der Waals surface area contributed by atoms with Crippen LogP contribution in [0.4, 0.5) is 13.2 Å². The molecule has 1 aliphatic heterocycles. The molecule has 10 heteroatoms. The molecule has 1 atom stereocenters. The van der Waals surface area contributed by atoms with Gasteiger partial charge in [-0.1, -0.05) is 0 Å². The van der Waals surface area contributed by atoms with Crippen molar-refractivity contribution in [3.63, 3.8) is 0 Å². The highest BCUT2D eigenvalue weighted by Crippen LogP contribution is 2.32. The normalized spacial score (nSPS) is 19.7. The first-order valence-corrected chi connectivity index (χ1v) is 8.60. The second-order valence-corrected chi connectivity index (χ2v) is 7.17. The smallest absolute Gasteiger partial charge is 0.338 e. The number of piperidine rings is 1. The van der Waals surface area contributed by atoms with Crippen LogP contribution in [0.3, 0.4) is 0 Å². The van der Waals surface area contributed by atoms with Crippen molar-refractivity contribution in [3.8, 4) is 0 Å². The minimum Gasteiger partial charge on any atom is -0.338 e. The first-order chi connectivity index (χ1) is 10.6. The summed E-state index contributed by atoms with van der Waals surface area (Å²) < 4.78 is 61.2. The van der Waals surface area contributed by atoms with Gasteiger partial charge >= 0.3 is 6.18 Å². The Morgan fingerprint density at radius 1 is 1.43 bits per heavy atom. The summed E-state index contributed by atoms with van der Waals surface area (Å²) in [6, 6.07) is 1.02. The molecule has 0 aromatic carbocycles. The number of carbonyl (C=O) groups is 1. The number of aromatic nitrogens is 1. The predicted octanol–water partition coefficient (Wildman–Crippen LogP) is 1.24. The van der Waals surface area contributed by atoms with Gasteiger partial charge in [0.15, 0.2) is 0 Å². The second kappa shape index (κ2) is 6.44. The number of halogens is 3. The van der Waals surface area contributed by atoms with Crippen molar-refractivity contribution in [2.45, 2.75) is 19.0 Å². The number of primary sulfonamides is 1. The summed E-state index contributed by atoms with van der Waals surface area (Å²) in [5, 5.41) is 4.99. The maximum absolute atomic E-state index is 13.0. The number of sulfonamides is 1. The molecule has 1 fully saturated rings. The van der Waals surface area contributed by atoms with Crippen LogP contribution in [-0.4, -0.2) is 43.1 Å². The fourth-order valence-corrected chi connectivity index (χ4v) is 3.62. The summed E-state index contributed by atoms with van der Waals surface area (Å²) >= 11 is 0. The van der Waals surface area contributed by atoms with Gasteiger partial charge in [-0.25, -0.2) is 13.6 Å². The Morgan fingerprint density at radius 2 is 2.13 bits per heavy atom. The van der Waals surface area contributed by atoms with Crippen molar-refractivity contribution in [2.24, 2.45) is 11.1 Å². The highest BCUT2D eigenvalue weighted by Gasteiger charge is 2.37. The van der Waals surface area contributed by atoms with Crippen LogP contribution in [0.5, 0.6) is 0 Å². The largest absolute Gasteiger partial charge is 0.418 e. The summed E-state index contributed by atoms with van der Waals surface area (Å²) in [5.41, 5.74) is -1.58. The molecule has 2 heterocycles. The van der Waals surface area contributed by atoms with E-state index in [4.69, 9.17) is 5.14 Å². The monoisotopic (exact) mass is 351 g/mol. The molecule has 0 spiro atoms. The van der Waals surface area contributed by atoms with E-state index in [1.165, 1.54) is 4.90 Å². The zero-order valence-corrected chi connectivity index (χ0v) is 12.9. The molecular formula is C13H16F3N3O3S. The minimum atomic E-state index is -4.69. The van der Waals surface area contributed by atoms with Crippen molar-refractivity contribution in [1.82, 2.24) is 9.88 Å². The minimum absolute atomic E-state index is 0.0644. The summed E-state index contributed by atoms with van der Waals surface area (Å²) in [6.07, 6.45) is -1.89. The fourth-order valence-electron chi connectivity index (χ4n) is 2.69. The number of alkyl halides is 3. The standard InChI is InChI=1S/C13H16F3N3O3S/c14-13(15,16)11-6-18-4-3-10(11)12(20)19-5-1-2-9(7-19)8-23(17,21)22/h3-4,6,9H,1-2,5,7-8H2,(H2,17,21,22). The van der Waals surface area contributed by atoms with Crippen LogP contribution in [0, 0.1) is 5.92 Å². The van der Waals surface area contributed by atoms with E-state index >= 15 is 0 Å². The van der Waals surface area contributed by atoms with Crippen molar-refractivity contribution < 1.29 is 26.4 Å². The van der Waals surface area contributed by atoms with Crippen LogP contribution in [0.25, 0.3) is 0 Å². The number of likely N-dealkylation sites (tertiary alicyclic amines) is 1. The van der Waals surface area contributed by atoms with Crippen molar-refractivity contribution in [2.75, 3.05) is 18.8 Å². The Balaban J connectivity index is 2.21. The van der Waals surface area contributed by atoms with E-state index in [-0.39, 0.29) is 24.8 Å². The molecule has 0 bridgehead atoms. The van der Waals surface area contributed by atoms with Gasteiger partial charge in [-0.05, 0) is 24.8 Å². The van der Waals surface area contributed by atoms with E-state index < -0.39 is 33.2 Å². The molecular weight excluding hydrogens is 335 g/mol. The molecule has 1 aromatic rings. The highest BCUT2D eigenvalue weighted by atomic mass is 32.2. The topological polar surface area (TPSA) is 93.4 Å². The van der Waals surface area contributed by atoms with Crippen LogP contribution in [0.2, 0.25) is 0 Å².